The first-order valence-electron chi connectivity index (χ1n) is 6.97. The molecule has 2 aromatic carbocycles. The van der Waals surface area contributed by atoms with Crippen molar-refractivity contribution in [2.75, 3.05) is 13.7 Å². The van der Waals surface area contributed by atoms with E-state index in [4.69, 9.17) is 9.47 Å². The number of carboxylic acid groups (broad SMARTS) is 1. The van der Waals surface area contributed by atoms with E-state index in [1.165, 1.54) is 0 Å². The fraction of sp³-hybridized carbons (Fsp3) is 0.167. The number of ether oxygens (including phenoxy) is 2. The Hall–Kier alpha value is -2.75. The van der Waals surface area contributed by atoms with E-state index in [9.17, 15) is 9.90 Å². The van der Waals surface area contributed by atoms with Crippen LogP contribution in [0.1, 0.15) is 18.1 Å². The average Bonchev–Trinajstić information content (AvgIpc) is 2.53. The van der Waals surface area contributed by atoms with E-state index < -0.39 is 5.97 Å². The van der Waals surface area contributed by atoms with E-state index in [2.05, 4.69) is 0 Å². The van der Waals surface area contributed by atoms with Crippen LogP contribution in [0.2, 0.25) is 0 Å². The zero-order valence-corrected chi connectivity index (χ0v) is 12.6. The molecule has 0 fully saturated rings. The topological polar surface area (TPSA) is 55.8 Å². The van der Waals surface area contributed by atoms with E-state index >= 15 is 0 Å². The van der Waals surface area contributed by atoms with Crippen LogP contribution >= 0.6 is 0 Å². The molecule has 0 aromatic heterocycles. The largest absolute Gasteiger partial charge is 0.496 e. The number of carbonyl (C=O) groups is 1. The van der Waals surface area contributed by atoms with Gasteiger partial charge in [0.2, 0.25) is 0 Å². The second-order valence-corrected chi connectivity index (χ2v) is 4.57. The summed E-state index contributed by atoms with van der Waals surface area (Å²) in [6.45, 7) is 2.41. The van der Waals surface area contributed by atoms with E-state index in [0.717, 1.165) is 0 Å². The van der Waals surface area contributed by atoms with Gasteiger partial charge in [-0.1, -0.05) is 30.3 Å². The zero-order valence-electron chi connectivity index (χ0n) is 12.6. The number of hydrogen-bond donors (Lipinski definition) is 1. The van der Waals surface area contributed by atoms with Gasteiger partial charge in [0.15, 0.2) is 0 Å². The predicted molar refractivity (Wildman–Crippen MR) is 86.1 cm³/mol. The normalized spacial score (nSPS) is 11.1. The standard InChI is InChI=1S/C18H18O4/c1-3-22-15-9-6-8-13(11-15)16(18(19)20)12-14-7-4-5-10-17(14)21-2/h4-12H,3H2,1-2H3,(H,19,20)/b16-12-. The van der Waals surface area contributed by atoms with Crippen molar-refractivity contribution in [1.29, 1.82) is 0 Å². The lowest BCUT2D eigenvalue weighted by atomic mass is 10.0. The summed E-state index contributed by atoms with van der Waals surface area (Å²) in [5.74, 6) is 0.272. The molecule has 22 heavy (non-hydrogen) atoms. The van der Waals surface area contributed by atoms with Gasteiger partial charge in [-0.25, -0.2) is 4.79 Å². The van der Waals surface area contributed by atoms with Crippen molar-refractivity contribution in [3.8, 4) is 11.5 Å². The molecular formula is C18H18O4. The van der Waals surface area contributed by atoms with Crippen molar-refractivity contribution in [2.45, 2.75) is 6.92 Å². The summed E-state index contributed by atoms with van der Waals surface area (Å²) in [5, 5.41) is 9.52. The molecule has 0 saturated carbocycles. The fourth-order valence-electron chi connectivity index (χ4n) is 2.13. The van der Waals surface area contributed by atoms with Gasteiger partial charge in [-0.3, -0.25) is 0 Å². The number of benzene rings is 2. The molecule has 4 nitrogen and oxygen atoms in total. The molecule has 0 spiro atoms. The van der Waals surface area contributed by atoms with Crippen LogP contribution < -0.4 is 9.47 Å². The zero-order chi connectivity index (χ0) is 15.9. The Morgan fingerprint density at radius 2 is 1.95 bits per heavy atom. The maximum atomic E-state index is 11.6. The summed E-state index contributed by atoms with van der Waals surface area (Å²) in [7, 11) is 1.56. The van der Waals surface area contributed by atoms with Gasteiger partial charge in [-0.05, 0) is 36.8 Å². The Balaban J connectivity index is 2.48. The van der Waals surface area contributed by atoms with Crippen LogP contribution in [-0.2, 0) is 4.79 Å². The van der Waals surface area contributed by atoms with Gasteiger partial charge in [0.1, 0.15) is 11.5 Å². The van der Waals surface area contributed by atoms with Gasteiger partial charge in [0.05, 0.1) is 19.3 Å². The third-order valence-corrected chi connectivity index (χ3v) is 3.13. The molecule has 4 heteroatoms. The number of aliphatic carboxylic acids is 1. The van der Waals surface area contributed by atoms with Gasteiger partial charge in [-0.2, -0.15) is 0 Å². The minimum atomic E-state index is -1.00. The first-order chi connectivity index (χ1) is 10.7. The molecule has 1 N–H and O–H groups in total. The van der Waals surface area contributed by atoms with Crippen LogP contribution in [0, 0.1) is 0 Å². The molecule has 0 amide bonds. The van der Waals surface area contributed by atoms with Gasteiger partial charge in [-0.15, -0.1) is 0 Å². The lowest BCUT2D eigenvalue weighted by Gasteiger charge is -2.09. The summed E-state index contributed by atoms with van der Waals surface area (Å²) in [6, 6.07) is 14.3. The fourth-order valence-corrected chi connectivity index (χ4v) is 2.13. The Kier molecular flexibility index (Phi) is 5.20. The predicted octanol–water partition coefficient (Wildman–Crippen LogP) is 3.72. The molecule has 0 unspecified atom stereocenters. The molecule has 114 valence electrons. The molecule has 0 heterocycles. The molecule has 0 radical (unpaired) electrons. The van der Waals surface area contributed by atoms with Crippen molar-refractivity contribution in [2.24, 2.45) is 0 Å². The third-order valence-electron chi connectivity index (χ3n) is 3.13. The first-order valence-corrected chi connectivity index (χ1v) is 6.97. The highest BCUT2D eigenvalue weighted by Crippen LogP contribution is 2.26. The molecule has 0 saturated heterocycles. The third kappa shape index (κ3) is 3.67. The molecule has 0 atom stereocenters. The lowest BCUT2D eigenvalue weighted by molar-refractivity contribution is -0.130. The SMILES string of the molecule is CCOc1cccc(/C(=C/c2ccccc2OC)C(=O)O)c1. The van der Waals surface area contributed by atoms with Crippen LogP contribution in [0.3, 0.4) is 0 Å². The van der Waals surface area contributed by atoms with Gasteiger partial charge in [0, 0.05) is 5.56 Å². The highest BCUT2D eigenvalue weighted by atomic mass is 16.5. The summed E-state index contributed by atoms with van der Waals surface area (Å²) < 4.78 is 10.7. The second-order valence-electron chi connectivity index (χ2n) is 4.57. The highest BCUT2D eigenvalue weighted by Gasteiger charge is 2.12. The maximum Gasteiger partial charge on any atom is 0.336 e. The van der Waals surface area contributed by atoms with Crippen LogP contribution in [0.4, 0.5) is 0 Å². The van der Waals surface area contributed by atoms with E-state index in [-0.39, 0.29) is 5.57 Å². The number of carboxylic acids is 1. The van der Waals surface area contributed by atoms with E-state index in [1.54, 1.807) is 43.5 Å². The molecule has 2 rings (SSSR count). The van der Waals surface area contributed by atoms with Gasteiger partial charge in [0.25, 0.3) is 0 Å². The van der Waals surface area contributed by atoms with Crippen molar-refractivity contribution in [3.05, 3.63) is 59.7 Å². The number of methoxy groups -OCH3 is 1. The molecule has 2 aromatic rings. The van der Waals surface area contributed by atoms with Crippen molar-refractivity contribution in [1.82, 2.24) is 0 Å². The Labute approximate surface area is 129 Å². The van der Waals surface area contributed by atoms with E-state index in [1.807, 2.05) is 25.1 Å². The Morgan fingerprint density at radius 3 is 2.64 bits per heavy atom. The van der Waals surface area contributed by atoms with Crippen LogP contribution in [0.5, 0.6) is 11.5 Å². The maximum absolute atomic E-state index is 11.6. The van der Waals surface area contributed by atoms with Crippen LogP contribution in [0.25, 0.3) is 11.6 Å². The smallest absolute Gasteiger partial charge is 0.336 e. The van der Waals surface area contributed by atoms with Crippen molar-refractivity contribution >= 4 is 17.6 Å². The quantitative estimate of drug-likeness (QED) is 0.652. The lowest BCUT2D eigenvalue weighted by Crippen LogP contribution is -2.01. The van der Waals surface area contributed by atoms with Crippen molar-refractivity contribution in [3.63, 3.8) is 0 Å². The average molecular weight is 298 g/mol. The molecule has 0 aliphatic carbocycles. The van der Waals surface area contributed by atoms with Crippen molar-refractivity contribution < 1.29 is 19.4 Å². The van der Waals surface area contributed by atoms with Crippen LogP contribution in [-0.4, -0.2) is 24.8 Å². The monoisotopic (exact) mass is 298 g/mol. The summed E-state index contributed by atoms with van der Waals surface area (Å²) in [5.41, 5.74) is 1.49. The molecule has 0 bridgehead atoms. The number of rotatable bonds is 6. The second kappa shape index (κ2) is 7.31. The highest BCUT2D eigenvalue weighted by molar-refractivity contribution is 6.20. The van der Waals surface area contributed by atoms with Crippen LogP contribution in [0.15, 0.2) is 48.5 Å². The summed E-state index contributed by atoms with van der Waals surface area (Å²) in [4.78, 5) is 11.6. The first kappa shape index (κ1) is 15.6. The number of para-hydroxylation sites is 1. The summed E-state index contributed by atoms with van der Waals surface area (Å²) >= 11 is 0. The van der Waals surface area contributed by atoms with Gasteiger partial charge >= 0.3 is 5.97 Å². The molecule has 0 aliphatic heterocycles. The molecule has 0 aliphatic rings. The molecular weight excluding hydrogens is 280 g/mol. The van der Waals surface area contributed by atoms with Gasteiger partial charge < -0.3 is 14.6 Å². The Morgan fingerprint density at radius 1 is 1.18 bits per heavy atom. The minimum Gasteiger partial charge on any atom is -0.496 e. The summed E-state index contributed by atoms with van der Waals surface area (Å²) in [6.07, 6.45) is 1.60. The van der Waals surface area contributed by atoms with E-state index in [0.29, 0.717) is 29.2 Å². The Bertz CT molecular complexity index is 689. The minimum absolute atomic E-state index is 0.186. The number of hydrogen-bond acceptors (Lipinski definition) is 3.